The molecule has 2 rings (SSSR count). The molecule has 2 aromatic carbocycles. The SMILES string of the molecule is CC(C)(C)OC(=O)Nc1ccc(C#N)cc1CNc1ccc(N)cc1. The first-order valence-corrected chi connectivity index (χ1v) is 7.89. The van der Waals surface area contributed by atoms with Crippen LogP contribution in [-0.2, 0) is 11.3 Å². The van der Waals surface area contributed by atoms with E-state index in [4.69, 9.17) is 15.7 Å². The maximum absolute atomic E-state index is 12.0. The number of amides is 1. The van der Waals surface area contributed by atoms with Crippen molar-refractivity contribution < 1.29 is 9.53 Å². The molecule has 0 saturated heterocycles. The molecule has 0 heterocycles. The van der Waals surface area contributed by atoms with E-state index in [-0.39, 0.29) is 0 Å². The molecule has 0 aliphatic carbocycles. The minimum atomic E-state index is -0.584. The number of nitrogens with one attached hydrogen (secondary N) is 2. The van der Waals surface area contributed by atoms with Gasteiger partial charge >= 0.3 is 6.09 Å². The highest BCUT2D eigenvalue weighted by Gasteiger charge is 2.17. The Bertz CT molecular complexity index is 787. The highest BCUT2D eigenvalue weighted by molar-refractivity contribution is 5.86. The van der Waals surface area contributed by atoms with E-state index in [1.54, 1.807) is 51.1 Å². The molecule has 0 saturated carbocycles. The number of nitrogen functional groups attached to an aromatic ring is 1. The van der Waals surface area contributed by atoms with Gasteiger partial charge in [-0.2, -0.15) is 5.26 Å². The number of anilines is 3. The van der Waals surface area contributed by atoms with Gasteiger partial charge in [0.1, 0.15) is 5.60 Å². The molecule has 6 nitrogen and oxygen atoms in total. The highest BCUT2D eigenvalue weighted by Crippen LogP contribution is 2.21. The number of nitriles is 1. The van der Waals surface area contributed by atoms with E-state index in [2.05, 4.69) is 16.7 Å². The zero-order chi connectivity index (χ0) is 18.4. The molecule has 0 aliphatic rings. The molecule has 0 aliphatic heterocycles. The largest absolute Gasteiger partial charge is 0.444 e. The van der Waals surface area contributed by atoms with E-state index in [0.717, 1.165) is 11.3 Å². The van der Waals surface area contributed by atoms with Gasteiger partial charge in [-0.05, 0) is 68.8 Å². The van der Waals surface area contributed by atoms with Crippen molar-refractivity contribution in [3.63, 3.8) is 0 Å². The summed E-state index contributed by atoms with van der Waals surface area (Å²) in [6.07, 6.45) is -0.536. The van der Waals surface area contributed by atoms with Crippen LogP contribution in [0.3, 0.4) is 0 Å². The van der Waals surface area contributed by atoms with Crippen LogP contribution < -0.4 is 16.4 Å². The van der Waals surface area contributed by atoms with Crippen molar-refractivity contribution in [2.45, 2.75) is 32.9 Å². The van der Waals surface area contributed by atoms with Crippen LogP contribution in [0.25, 0.3) is 0 Å². The first kappa shape index (κ1) is 18.1. The van der Waals surface area contributed by atoms with E-state index in [0.29, 0.717) is 23.5 Å². The van der Waals surface area contributed by atoms with Crippen LogP contribution in [0.5, 0.6) is 0 Å². The maximum Gasteiger partial charge on any atom is 0.412 e. The summed E-state index contributed by atoms with van der Waals surface area (Å²) in [5.41, 5.74) is 8.56. The normalized spacial score (nSPS) is 10.6. The number of ether oxygens (including phenoxy) is 1. The van der Waals surface area contributed by atoms with Crippen LogP contribution in [0.15, 0.2) is 42.5 Å². The lowest BCUT2D eigenvalue weighted by atomic mass is 10.1. The minimum Gasteiger partial charge on any atom is -0.444 e. The monoisotopic (exact) mass is 338 g/mol. The summed E-state index contributed by atoms with van der Waals surface area (Å²) < 4.78 is 5.28. The molecule has 0 bridgehead atoms. The molecular formula is C19H22N4O2. The summed E-state index contributed by atoms with van der Waals surface area (Å²) in [6.45, 7) is 5.84. The Morgan fingerprint density at radius 2 is 1.88 bits per heavy atom. The number of nitrogens with two attached hydrogens (primary N) is 1. The molecule has 2 aromatic rings. The number of hydrogen-bond donors (Lipinski definition) is 3. The van der Waals surface area contributed by atoms with Crippen LogP contribution in [-0.4, -0.2) is 11.7 Å². The van der Waals surface area contributed by atoms with Crippen molar-refractivity contribution in [3.8, 4) is 6.07 Å². The van der Waals surface area contributed by atoms with Gasteiger partial charge in [-0.15, -0.1) is 0 Å². The third-order valence-corrected chi connectivity index (χ3v) is 3.26. The third kappa shape index (κ3) is 5.74. The fraction of sp³-hybridized carbons (Fsp3) is 0.263. The van der Waals surface area contributed by atoms with Gasteiger partial charge in [0, 0.05) is 23.6 Å². The lowest BCUT2D eigenvalue weighted by Crippen LogP contribution is -2.27. The molecule has 4 N–H and O–H groups in total. The molecule has 0 atom stereocenters. The zero-order valence-corrected chi connectivity index (χ0v) is 14.6. The molecule has 0 fully saturated rings. The van der Waals surface area contributed by atoms with Gasteiger partial charge in [-0.1, -0.05) is 0 Å². The van der Waals surface area contributed by atoms with Crippen LogP contribution >= 0.6 is 0 Å². The summed E-state index contributed by atoms with van der Waals surface area (Å²) in [7, 11) is 0. The van der Waals surface area contributed by atoms with Crippen LogP contribution in [0.2, 0.25) is 0 Å². The van der Waals surface area contributed by atoms with Gasteiger partial charge in [0.25, 0.3) is 0 Å². The molecular weight excluding hydrogens is 316 g/mol. The predicted octanol–water partition coefficient (Wildman–Crippen LogP) is 4.10. The molecule has 6 heteroatoms. The van der Waals surface area contributed by atoms with Gasteiger partial charge in [0.15, 0.2) is 0 Å². The smallest absolute Gasteiger partial charge is 0.412 e. The fourth-order valence-electron chi connectivity index (χ4n) is 2.14. The number of rotatable bonds is 4. The molecule has 0 unspecified atom stereocenters. The second-order valence-corrected chi connectivity index (χ2v) is 6.59. The zero-order valence-electron chi connectivity index (χ0n) is 14.6. The Morgan fingerprint density at radius 1 is 1.20 bits per heavy atom. The Balaban J connectivity index is 2.15. The van der Waals surface area contributed by atoms with Crippen LogP contribution in [0.4, 0.5) is 21.9 Å². The summed E-state index contributed by atoms with van der Waals surface area (Å²) in [5, 5.41) is 15.1. The van der Waals surface area contributed by atoms with Crippen molar-refractivity contribution in [2.75, 3.05) is 16.4 Å². The molecule has 0 spiro atoms. The Morgan fingerprint density at radius 3 is 2.48 bits per heavy atom. The van der Waals surface area contributed by atoms with Crippen LogP contribution in [0, 0.1) is 11.3 Å². The number of carbonyl (C=O) groups excluding carboxylic acids is 1. The molecule has 0 radical (unpaired) electrons. The first-order chi connectivity index (χ1) is 11.8. The van der Waals surface area contributed by atoms with Crippen LogP contribution in [0.1, 0.15) is 31.9 Å². The number of carbonyl (C=O) groups is 1. The molecule has 25 heavy (non-hydrogen) atoms. The summed E-state index contributed by atoms with van der Waals surface area (Å²) in [5.74, 6) is 0. The van der Waals surface area contributed by atoms with Crippen molar-refractivity contribution in [1.82, 2.24) is 0 Å². The summed E-state index contributed by atoms with van der Waals surface area (Å²) >= 11 is 0. The van der Waals surface area contributed by atoms with E-state index in [9.17, 15) is 4.79 Å². The Hall–Kier alpha value is -3.20. The fourth-order valence-corrected chi connectivity index (χ4v) is 2.14. The Kier molecular flexibility index (Phi) is 5.50. The highest BCUT2D eigenvalue weighted by atomic mass is 16.6. The van der Waals surface area contributed by atoms with Crippen molar-refractivity contribution in [2.24, 2.45) is 0 Å². The molecule has 0 aromatic heterocycles. The van der Waals surface area contributed by atoms with Gasteiger partial charge in [0.2, 0.25) is 0 Å². The molecule has 130 valence electrons. The minimum absolute atomic E-state index is 0.435. The number of benzene rings is 2. The second kappa shape index (κ2) is 7.58. The average molecular weight is 338 g/mol. The van der Waals surface area contributed by atoms with Crippen molar-refractivity contribution in [1.29, 1.82) is 5.26 Å². The lowest BCUT2D eigenvalue weighted by Gasteiger charge is -2.20. The Labute approximate surface area is 147 Å². The van der Waals surface area contributed by atoms with E-state index < -0.39 is 11.7 Å². The van der Waals surface area contributed by atoms with Gasteiger partial charge in [0.05, 0.1) is 11.6 Å². The summed E-state index contributed by atoms with van der Waals surface area (Å²) in [4.78, 5) is 12.0. The maximum atomic E-state index is 12.0. The van der Waals surface area contributed by atoms with Crippen molar-refractivity contribution >= 4 is 23.2 Å². The summed E-state index contributed by atoms with van der Waals surface area (Å²) in [6, 6.07) is 14.5. The average Bonchev–Trinajstić information content (AvgIpc) is 2.53. The predicted molar refractivity (Wildman–Crippen MR) is 99.2 cm³/mol. The third-order valence-electron chi connectivity index (χ3n) is 3.26. The number of nitrogens with zero attached hydrogens (tertiary/aromatic N) is 1. The van der Waals surface area contributed by atoms with E-state index >= 15 is 0 Å². The topological polar surface area (TPSA) is 100 Å². The van der Waals surface area contributed by atoms with Gasteiger partial charge in [-0.3, -0.25) is 5.32 Å². The molecule has 1 amide bonds. The first-order valence-electron chi connectivity index (χ1n) is 7.89. The number of hydrogen-bond acceptors (Lipinski definition) is 5. The standard InChI is InChI=1S/C19H22N4O2/c1-19(2,3)25-18(24)23-17-9-4-13(11-20)10-14(17)12-22-16-7-5-15(21)6-8-16/h4-10,22H,12,21H2,1-3H3,(H,23,24). The van der Waals surface area contributed by atoms with E-state index in [1.807, 2.05) is 12.1 Å². The van der Waals surface area contributed by atoms with E-state index in [1.165, 1.54) is 0 Å². The lowest BCUT2D eigenvalue weighted by molar-refractivity contribution is 0.0636. The second-order valence-electron chi connectivity index (χ2n) is 6.59. The van der Waals surface area contributed by atoms with Gasteiger partial charge in [-0.25, -0.2) is 4.79 Å². The quantitative estimate of drug-likeness (QED) is 0.729. The van der Waals surface area contributed by atoms with Crippen molar-refractivity contribution in [3.05, 3.63) is 53.6 Å². The van der Waals surface area contributed by atoms with Gasteiger partial charge < -0.3 is 15.8 Å².